The Hall–Kier alpha value is -2.79. The molecule has 0 saturated carbocycles. The van der Waals surface area contributed by atoms with E-state index in [0.29, 0.717) is 11.3 Å². The fourth-order valence-corrected chi connectivity index (χ4v) is 2.45. The van der Waals surface area contributed by atoms with Crippen molar-refractivity contribution in [3.8, 4) is 0 Å². The molecule has 3 aromatic rings. The van der Waals surface area contributed by atoms with Gasteiger partial charge in [0.15, 0.2) is 0 Å². The third-order valence-corrected chi connectivity index (χ3v) is 3.74. The summed E-state index contributed by atoms with van der Waals surface area (Å²) in [6.07, 6.45) is 0. The minimum Gasteiger partial charge on any atom is -0.322 e. The Labute approximate surface area is 148 Å². The molecular formula is C19H14BrN3O. The molecule has 0 fully saturated rings. The third kappa shape index (κ3) is 4.36. The molecule has 3 rings (SSSR count). The second kappa shape index (κ2) is 7.66. The zero-order chi connectivity index (χ0) is 16.8. The fraction of sp³-hybridized carbons (Fsp3) is 0. The fourth-order valence-electron chi connectivity index (χ4n) is 2.05. The van der Waals surface area contributed by atoms with Gasteiger partial charge in [0.05, 0.1) is 11.4 Å². The van der Waals surface area contributed by atoms with Crippen molar-refractivity contribution in [3.05, 3.63) is 88.9 Å². The van der Waals surface area contributed by atoms with E-state index in [1.54, 1.807) is 24.3 Å². The molecule has 0 aromatic heterocycles. The van der Waals surface area contributed by atoms with E-state index in [2.05, 4.69) is 31.5 Å². The first-order valence-electron chi connectivity index (χ1n) is 7.34. The second-order valence-electron chi connectivity index (χ2n) is 5.05. The van der Waals surface area contributed by atoms with Crippen LogP contribution in [-0.4, -0.2) is 5.91 Å². The quantitative estimate of drug-likeness (QED) is 0.545. The highest BCUT2D eigenvalue weighted by molar-refractivity contribution is 9.10. The summed E-state index contributed by atoms with van der Waals surface area (Å²) >= 11 is 3.36. The van der Waals surface area contributed by atoms with Crippen molar-refractivity contribution in [2.75, 3.05) is 5.32 Å². The lowest BCUT2D eigenvalue weighted by Crippen LogP contribution is -2.11. The van der Waals surface area contributed by atoms with E-state index in [1.165, 1.54) is 0 Å². The molecule has 0 bridgehead atoms. The molecule has 1 N–H and O–H groups in total. The van der Waals surface area contributed by atoms with E-state index >= 15 is 0 Å². The standard InChI is InChI=1S/C19H14BrN3O/c20-15-6-4-5-14(13-15)19(24)21-16-9-11-18(12-10-16)23-22-17-7-2-1-3-8-17/h1-13H,(H,21,24). The van der Waals surface area contributed by atoms with Gasteiger partial charge in [0, 0.05) is 15.7 Å². The summed E-state index contributed by atoms with van der Waals surface area (Å²) in [5.74, 6) is -0.157. The number of rotatable bonds is 4. The molecule has 0 aliphatic heterocycles. The van der Waals surface area contributed by atoms with Gasteiger partial charge in [-0.05, 0) is 54.6 Å². The van der Waals surface area contributed by atoms with Crippen molar-refractivity contribution < 1.29 is 4.79 Å². The van der Waals surface area contributed by atoms with Gasteiger partial charge in [-0.15, -0.1) is 0 Å². The normalized spacial score (nSPS) is 10.7. The third-order valence-electron chi connectivity index (χ3n) is 3.25. The maximum absolute atomic E-state index is 12.2. The predicted molar refractivity (Wildman–Crippen MR) is 99.2 cm³/mol. The smallest absolute Gasteiger partial charge is 0.255 e. The van der Waals surface area contributed by atoms with E-state index < -0.39 is 0 Å². The van der Waals surface area contributed by atoms with Crippen LogP contribution in [0.5, 0.6) is 0 Å². The summed E-state index contributed by atoms with van der Waals surface area (Å²) in [4.78, 5) is 12.2. The molecule has 0 radical (unpaired) electrons. The number of benzene rings is 3. The summed E-state index contributed by atoms with van der Waals surface area (Å²) < 4.78 is 0.867. The number of hydrogen-bond donors (Lipinski definition) is 1. The summed E-state index contributed by atoms with van der Waals surface area (Å²) in [5.41, 5.74) is 2.82. The molecule has 118 valence electrons. The Morgan fingerprint density at radius 1 is 0.792 bits per heavy atom. The van der Waals surface area contributed by atoms with Gasteiger partial charge in [0.1, 0.15) is 0 Å². The van der Waals surface area contributed by atoms with Crippen LogP contribution >= 0.6 is 15.9 Å². The van der Waals surface area contributed by atoms with Crippen molar-refractivity contribution in [3.63, 3.8) is 0 Å². The molecule has 5 heteroatoms. The number of carbonyl (C=O) groups is 1. The number of anilines is 1. The van der Waals surface area contributed by atoms with Crippen LogP contribution in [0, 0.1) is 0 Å². The first-order valence-corrected chi connectivity index (χ1v) is 8.14. The van der Waals surface area contributed by atoms with E-state index in [-0.39, 0.29) is 5.91 Å². The average molecular weight is 380 g/mol. The maximum atomic E-state index is 12.2. The Morgan fingerprint density at radius 2 is 1.46 bits per heavy atom. The molecule has 24 heavy (non-hydrogen) atoms. The molecule has 0 heterocycles. The maximum Gasteiger partial charge on any atom is 0.255 e. The highest BCUT2D eigenvalue weighted by atomic mass is 79.9. The number of halogens is 1. The average Bonchev–Trinajstić information content (AvgIpc) is 2.62. The zero-order valence-electron chi connectivity index (χ0n) is 12.7. The first kappa shape index (κ1) is 16.1. The second-order valence-corrected chi connectivity index (χ2v) is 5.96. The Bertz CT molecular complexity index is 861. The highest BCUT2D eigenvalue weighted by Crippen LogP contribution is 2.20. The van der Waals surface area contributed by atoms with Crippen LogP contribution in [0.25, 0.3) is 0 Å². The molecule has 4 nitrogen and oxygen atoms in total. The van der Waals surface area contributed by atoms with Crippen molar-refractivity contribution in [1.29, 1.82) is 0 Å². The van der Waals surface area contributed by atoms with Gasteiger partial charge in [0.2, 0.25) is 0 Å². The van der Waals surface area contributed by atoms with Crippen molar-refractivity contribution in [1.82, 2.24) is 0 Å². The Kier molecular flexibility index (Phi) is 5.13. The molecule has 0 saturated heterocycles. The number of nitrogens with one attached hydrogen (secondary N) is 1. The van der Waals surface area contributed by atoms with Gasteiger partial charge in [-0.1, -0.05) is 40.2 Å². The molecule has 0 spiro atoms. The Morgan fingerprint density at radius 3 is 2.12 bits per heavy atom. The van der Waals surface area contributed by atoms with Crippen molar-refractivity contribution >= 4 is 38.9 Å². The first-order chi connectivity index (χ1) is 11.7. The van der Waals surface area contributed by atoms with Crippen LogP contribution in [0.4, 0.5) is 17.1 Å². The lowest BCUT2D eigenvalue weighted by atomic mass is 10.2. The van der Waals surface area contributed by atoms with Crippen LogP contribution in [0.1, 0.15) is 10.4 Å². The van der Waals surface area contributed by atoms with E-state index in [1.807, 2.05) is 54.6 Å². The van der Waals surface area contributed by atoms with Gasteiger partial charge >= 0.3 is 0 Å². The van der Waals surface area contributed by atoms with Crippen LogP contribution in [0.15, 0.2) is 93.6 Å². The van der Waals surface area contributed by atoms with Crippen molar-refractivity contribution in [2.45, 2.75) is 0 Å². The zero-order valence-corrected chi connectivity index (χ0v) is 14.3. The topological polar surface area (TPSA) is 53.8 Å². The van der Waals surface area contributed by atoms with Crippen LogP contribution in [0.3, 0.4) is 0 Å². The number of azo groups is 1. The summed E-state index contributed by atoms with van der Waals surface area (Å²) in [5, 5.41) is 11.2. The van der Waals surface area contributed by atoms with E-state index in [9.17, 15) is 4.79 Å². The molecular weight excluding hydrogens is 366 g/mol. The molecule has 3 aromatic carbocycles. The Balaban J connectivity index is 1.66. The lowest BCUT2D eigenvalue weighted by molar-refractivity contribution is 0.102. The van der Waals surface area contributed by atoms with Gasteiger partial charge in [-0.25, -0.2) is 0 Å². The number of amides is 1. The minimum atomic E-state index is -0.157. The number of hydrogen-bond acceptors (Lipinski definition) is 3. The van der Waals surface area contributed by atoms with Gasteiger partial charge in [0.25, 0.3) is 5.91 Å². The predicted octanol–water partition coefficient (Wildman–Crippen LogP) is 6.12. The number of nitrogens with zero attached hydrogens (tertiary/aromatic N) is 2. The van der Waals surface area contributed by atoms with Gasteiger partial charge in [-0.3, -0.25) is 4.79 Å². The van der Waals surface area contributed by atoms with E-state index in [0.717, 1.165) is 15.8 Å². The van der Waals surface area contributed by atoms with E-state index in [4.69, 9.17) is 0 Å². The lowest BCUT2D eigenvalue weighted by Gasteiger charge is -2.05. The van der Waals surface area contributed by atoms with Crippen LogP contribution in [-0.2, 0) is 0 Å². The molecule has 0 aliphatic rings. The van der Waals surface area contributed by atoms with Crippen LogP contribution < -0.4 is 5.32 Å². The largest absolute Gasteiger partial charge is 0.322 e. The SMILES string of the molecule is O=C(Nc1ccc(N=Nc2ccccc2)cc1)c1cccc(Br)c1. The van der Waals surface area contributed by atoms with Crippen LogP contribution in [0.2, 0.25) is 0 Å². The van der Waals surface area contributed by atoms with Gasteiger partial charge < -0.3 is 5.32 Å². The monoisotopic (exact) mass is 379 g/mol. The molecule has 0 unspecified atom stereocenters. The summed E-state index contributed by atoms with van der Waals surface area (Å²) in [7, 11) is 0. The minimum absolute atomic E-state index is 0.157. The summed E-state index contributed by atoms with van der Waals surface area (Å²) in [6, 6.07) is 24.0. The number of carbonyl (C=O) groups excluding carboxylic acids is 1. The highest BCUT2D eigenvalue weighted by Gasteiger charge is 2.06. The van der Waals surface area contributed by atoms with Gasteiger partial charge in [-0.2, -0.15) is 10.2 Å². The summed E-state index contributed by atoms with van der Waals surface area (Å²) in [6.45, 7) is 0. The molecule has 1 amide bonds. The van der Waals surface area contributed by atoms with Crippen molar-refractivity contribution in [2.24, 2.45) is 10.2 Å². The molecule has 0 aliphatic carbocycles. The molecule has 0 atom stereocenters.